The largest absolute Gasteiger partial charge is 0.489 e. The number of carboxylic acid groups (broad SMARTS) is 1. The highest BCUT2D eigenvalue weighted by Gasteiger charge is 2.30. The Labute approximate surface area is 251 Å². The van der Waals surface area contributed by atoms with Crippen LogP contribution in [0.2, 0.25) is 15.1 Å². The topological polar surface area (TPSA) is 118 Å². The fraction of sp³-hybridized carbons (Fsp3) is 0.241. The Hall–Kier alpha value is -3.63. The van der Waals surface area contributed by atoms with Gasteiger partial charge >= 0.3 is 5.97 Å². The average molecular weight is 614 g/mol. The second kappa shape index (κ2) is 12.9. The van der Waals surface area contributed by atoms with E-state index in [1.165, 1.54) is 0 Å². The van der Waals surface area contributed by atoms with E-state index in [-0.39, 0.29) is 12.3 Å². The van der Waals surface area contributed by atoms with Crippen LogP contribution in [0, 0.1) is 0 Å². The average Bonchev–Trinajstić information content (AvgIpc) is 3.59. The molecule has 12 heteroatoms. The van der Waals surface area contributed by atoms with Gasteiger partial charge in [0.2, 0.25) is 0 Å². The van der Waals surface area contributed by atoms with Crippen molar-refractivity contribution in [1.82, 2.24) is 30.5 Å². The van der Waals surface area contributed by atoms with Crippen LogP contribution in [0.3, 0.4) is 0 Å². The lowest BCUT2D eigenvalue weighted by Crippen LogP contribution is -2.28. The van der Waals surface area contributed by atoms with Crippen LogP contribution in [-0.2, 0) is 6.61 Å². The number of nitrogens with one attached hydrogen (secondary N) is 2. The van der Waals surface area contributed by atoms with Gasteiger partial charge in [0, 0.05) is 37.1 Å². The Balaban J connectivity index is 1.48. The summed E-state index contributed by atoms with van der Waals surface area (Å²) in [6.45, 7) is 2.97. The lowest BCUT2D eigenvalue weighted by Gasteiger charge is -2.19. The third kappa shape index (κ3) is 6.33. The predicted molar refractivity (Wildman–Crippen MR) is 160 cm³/mol. The summed E-state index contributed by atoms with van der Waals surface area (Å²) in [5.41, 5.74) is 2.58. The minimum Gasteiger partial charge on any atom is -0.489 e. The summed E-state index contributed by atoms with van der Waals surface area (Å²) in [6, 6.07) is 17.2. The minimum absolute atomic E-state index is 0.0480. The van der Waals surface area contributed by atoms with Gasteiger partial charge in [-0.3, -0.25) is 0 Å². The van der Waals surface area contributed by atoms with Crippen molar-refractivity contribution >= 4 is 51.7 Å². The van der Waals surface area contributed by atoms with Crippen LogP contribution < -0.4 is 10.1 Å². The number of nitrogens with zero attached hydrogens (tertiary/aromatic N) is 4. The molecule has 3 N–H and O–H groups in total. The summed E-state index contributed by atoms with van der Waals surface area (Å²) in [5, 5.41) is 28.4. The highest BCUT2D eigenvalue weighted by Crippen LogP contribution is 2.34. The van der Waals surface area contributed by atoms with Crippen LogP contribution in [0.1, 0.15) is 59.7 Å². The van der Waals surface area contributed by atoms with Gasteiger partial charge in [0.15, 0.2) is 5.82 Å². The van der Waals surface area contributed by atoms with E-state index in [0.29, 0.717) is 55.5 Å². The molecule has 0 saturated heterocycles. The molecule has 3 aromatic carbocycles. The van der Waals surface area contributed by atoms with Crippen molar-refractivity contribution in [3.05, 3.63) is 98.4 Å². The van der Waals surface area contributed by atoms with Gasteiger partial charge in [-0.15, -0.1) is 5.10 Å². The molecule has 0 amide bonds. The molecule has 1 unspecified atom stereocenters. The summed E-state index contributed by atoms with van der Waals surface area (Å²) in [5.74, 6) is -0.0431. The second-order valence-corrected chi connectivity index (χ2v) is 10.7. The molecule has 0 aliphatic carbocycles. The normalized spacial score (nSPS) is 12.1. The molecule has 5 aromatic rings. The Bertz CT molecular complexity index is 1650. The molecule has 0 aliphatic heterocycles. The van der Waals surface area contributed by atoms with Crippen LogP contribution in [0.4, 0.5) is 0 Å². The zero-order chi connectivity index (χ0) is 28.9. The second-order valence-electron chi connectivity index (χ2n) is 9.43. The molecule has 9 nitrogen and oxygen atoms in total. The van der Waals surface area contributed by atoms with Gasteiger partial charge in [-0.2, -0.15) is 4.68 Å². The number of rotatable bonds is 12. The lowest BCUT2D eigenvalue weighted by molar-refractivity contribution is 0.0689. The third-order valence-electron chi connectivity index (χ3n) is 6.71. The number of aromatic carboxylic acids is 1. The fourth-order valence-corrected chi connectivity index (χ4v) is 5.35. The van der Waals surface area contributed by atoms with E-state index in [9.17, 15) is 9.90 Å². The standard InChI is InChI=1S/C29H27Cl3N6O3/c1-2-3-4-14-33-26(25-20-13-8-17(30)15-24(20)34-27(25)29(39)40)28-35-36-37-38(28)18-9-11-19(12-10-18)41-16-21-22(31)6-5-7-23(21)32/h5-13,15,26,33-34H,2-4,14,16H2,1H3,(H,39,40). The number of carbonyl (C=O) groups is 1. The number of carboxylic acids is 1. The van der Waals surface area contributed by atoms with Crippen LogP contribution in [0.5, 0.6) is 5.75 Å². The molecular formula is C29H27Cl3N6O3. The number of aromatic amines is 1. The maximum atomic E-state index is 12.3. The Kier molecular flexibility index (Phi) is 9.09. The van der Waals surface area contributed by atoms with Crippen molar-refractivity contribution in [1.29, 1.82) is 0 Å². The molecule has 41 heavy (non-hydrogen) atoms. The maximum Gasteiger partial charge on any atom is 0.352 e. The van der Waals surface area contributed by atoms with Gasteiger partial charge in [-0.25, -0.2) is 4.79 Å². The SMILES string of the molecule is CCCCCNC(c1c(C(=O)O)[nH]c2cc(Cl)ccc12)c1nnnn1-c1ccc(OCc2c(Cl)cccc2Cl)cc1. The molecule has 0 fully saturated rings. The van der Waals surface area contributed by atoms with Gasteiger partial charge in [0.1, 0.15) is 18.1 Å². The van der Waals surface area contributed by atoms with E-state index in [1.807, 2.05) is 18.2 Å². The number of aromatic nitrogens is 5. The number of tetrazole rings is 1. The van der Waals surface area contributed by atoms with Gasteiger partial charge in [-0.05, 0) is 71.9 Å². The van der Waals surface area contributed by atoms with Crippen LogP contribution in [0.25, 0.3) is 16.6 Å². The van der Waals surface area contributed by atoms with E-state index < -0.39 is 12.0 Å². The van der Waals surface area contributed by atoms with E-state index >= 15 is 0 Å². The molecule has 0 radical (unpaired) electrons. The lowest BCUT2D eigenvalue weighted by atomic mass is 10.0. The van der Waals surface area contributed by atoms with Crippen molar-refractivity contribution in [2.75, 3.05) is 6.54 Å². The van der Waals surface area contributed by atoms with Gasteiger partial charge in [-0.1, -0.05) is 66.7 Å². The Morgan fingerprint density at radius 3 is 2.54 bits per heavy atom. The number of hydrogen-bond donors (Lipinski definition) is 3. The number of ether oxygens (including phenoxy) is 1. The molecule has 0 spiro atoms. The fourth-order valence-electron chi connectivity index (χ4n) is 4.67. The molecule has 212 valence electrons. The van der Waals surface area contributed by atoms with E-state index in [1.54, 1.807) is 47.1 Å². The summed E-state index contributed by atoms with van der Waals surface area (Å²) in [4.78, 5) is 15.4. The first kappa shape index (κ1) is 28.9. The quantitative estimate of drug-likeness (QED) is 0.127. The van der Waals surface area contributed by atoms with Crippen molar-refractivity contribution < 1.29 is 14.6 Å². The highest BCUT2D eigenvalue weighted by molar-refractivity contribution is 6.36. The first-order valence-electron chi connectivity index (χ1n) is 13.1. The summed E-state index contributed by atoms with van der Waals surface area (Å²) in [6.07, 6.45) is 2.99. The summed E-state index contributed by atoms with van der Waals surface area (Å²) in [7, 11) is 0. The number of unbranched alkanes of at least 4 members (excludes halogenated alkanes) is 2. The van der Waals surface area contributed by atoms with Gasteiger partial charge in [0.05, 0.1) is 11.7 Å². The molecule has 0 aliphatic rings. The molecule has 2 heterocycles. The third-order valence-corrected chi connectivity index (χ3v) is 7.65. The zero-order valence-corrected chi connectivity index (χ0v) is 24.3. The molecular weight excluding hydrogens is 587 g/mol. The van der Waals surface area contributed by atoms with Gasteiger partial charge in [0.25, 0.3) is 0 Å². The van der Waals surface area contributed by atoms with Gasteiger partial charge < -0.3 is 20.1 Å². The molecule has 0 saturated carbocycles. The maximum absolute atomic E-state index is 12.3. The first-order chi connectivity index (χ1) is 19.9. The van der Waals surface area contributed by atoms with Crippen LogP contribution >= 0.6 is 34.8 Å². The predicted octanol–water partition coefficient (Wildman–Crippen LogP) is 7.25. The molecule has 5 rings (SSSR count). The number of hydrogen-bond acceptors (Lipinski definition) is 6. The van der Waals surface area contributed by atoms with E-state index in [4.69, 9.17) is 39.5 Å². The summed E-state index contributed by atoms with van der Waals surface area (Å²) < 4.78 is 7.51. The van der Waals surface area contributed by atoms with E-state index in [2.05, 4.69) is 32.7 Å². The first-order valence-corrected chi connectivity index (χ1v) is 14.2. The number of halogens is 3. The van der Waals surface area contributed by atoms with Crippen LogP contribution in [-0.4, -0.2) is 42.8 Å². The Morgan fingerprint density at radius 1 is 1.07 bits per heavy atom. The smallest absolute Gasteiger partial charge is 0.352 e. The summed E-state index contributed by atoms with van der Waals surface area (Å²) >= 11 is 18.7. The zero-order valence-electron chi connectivity index (χ0n) is 22.1. The molecule has 2 aromatic heterocycles. The number of fused-ring (bicyclic) bond motifs is 1. The Morgan fingerprint density at radius 2 is 1.83 bits per heavy atom. The van der Waals surface area contributed by atoms with Crippen molar-refractivity contribution in [3.8, 4) is 11.4 Å². The highest BCUT2D eigenvalue weighted by atomic mass is 35.5. The minimum atomic E-state index is -1.09. The number of H-pyrrole nitrogens is 1. The molecule has 0 bridgehead atoms. The number of benzene rings is 3. The van der Waals surface area contributed by atoms with Crippen molar-refractivity contribution in [2.45, 2.75) is 38.8 Å². The van der Waals surface area contributed by atoms with Crippen molar-refractivity contribution in [2.24, 2.45) is 0 Å². The van der Waals surface area contributed by atoms with Crippen LogP contribution in [0.15, 0.2) is 60.7 Å². The van der Waals surface area contributed by atoms with Crippen molar-refractivity contribution in [3.63, 3.8) is 0 Å². The molecule has 1 atom stereocenters. The monoisotopic (exact) mass is 612 g/mol. The van der Waals surface area contributed by atoms with E-state index in [0.717, 1.165) is 24.6 Å².